The molecule has 0 radical (unpaired) electrons. The second kappa shape index (κ2) is 10.8. The molecular formula is C27H32N6O5S. The molecule has 3 heterocycles. The standard InChI is InChI=1S/C27H32N6O5S/c1-17(2)16-38-27(35)19-11-14-32(15-19)39(36,37)21-7-5-20(6-8-21)30-25-24-23(10-13-29-26(24)34)33(31-25)22(9-12-28)18-3-4-18/h5-8,10,13,17-19,22H,3-4,9,11,14-16H2,1-2H3,(H,29,34)(H,30,31). The van der Waals surface area contributed by atoms with Gasteiger partial charge >= 0.3 is 5.97 Å². The van der Waals surface area contributed by atoms with Crippen LogP contribution in [-0.4, -0.2) is 53.2 Å². The van der Waals surface area contributed by atoms with Gasteiger partial charge in [0.1, 0.15) is 5.39 Å². The lowest BCUT2D eigenvalue weighted by Crippen LogP contribution is -2.30. The van der Waals surface area contributed by atoms with Crippen molar-refractivity contribution in [2.45, 2.75) is 50.5 Å². The number of carbonyl (C=O) groups is 1. The number of hydrogen-bond acceptors (Lipinski definition) is 8. The molecule has 5 rings (SSSR count). The Bertz CT molecular complexity index is 1570. The molecule has 2 aliphatic rings. The molecule has 2 atom stereocenters. The van der Waals surface area contributed by atoms with Crippen LogP contribution in [0.25, 0.3) is 10.9 Å². The molecule has 0 amide bonds. The van der Waals surface area contributed by atoms with Crippen LogP contribution >= 0.6 is 0 Å². The number of carbonyl (C=O) groups excluding carboxylic acids is 1. The summed E-state index contributed by atoms with van der Waals surface area (Å²) in [6.07, 6.45) is 4.33. The average molecular weight is 553 g/mol. The first-order chi connectivity index (χ1) is 18.7. The van der Waals surface area contributed by atoms with Crippen molar-refractivity contribution in [3.8, 4) is 6.07 Å². The van der Waals surface area contributed by atoms with Crippen LogP contribution < -0.4 is 10.9 Å². The molecule has 0 bridgehead atoms. The molecule has 1 aliphatic carbocycles. The average Bonchev–Trinajstić information content (AvgIpc) is 3.50. The largest absolute Gasteiger partial charge is 0.465 e. The third kappa shape index (κ3) is 5.55. The highest BCUT2D eigenvalue weighted by Gasteiger charge is 2.37. The number of nitriles is 1. The van der Waals surface area contributed by atoms with E-state index < -0.39 is 15.9 Å². The van der Waals surface area contributed by atoms with E-state index in [4.69, 9.17) is 4.74 Å². The molecule has 206 valence electrons. The molecule has 39 heavy (non-hydrogen) atoms. The van der Waals surface area contributed by atoms with Gasteiger partial charge in [-0.2, -0.15) is 14.7 Å². The number of H-pyrrole nitrogens is 1. The zero-order chi connectivity index (χ0) is 27.7. The van der Waals surface area contributed by atoms with Gasteiger partial charge in [0, 0.05) is 25.0 Å². The first-order valence-electron chi connectivity index (χ1n) is 13.2. The summed E-state index contributed by atoms with van der Waals surface area (Å²) < 4.78 is 34.8. The fourth-order valence-corrected chi connectivity index (χ4v) is 6.47. The molecule has 1 saturated carbocycles. The molecule has 2 N–H and O–H groups in total. The Kier molecular flexibility index (Phi) is 7.46. The molecule has 2 unspecified atom stereocenters. The first kappa shape index (κ1) is 26.9. The molecule has 0 spiro atoms. The Morgan fingerprint density at radius 1 is 1.23 bits per heavy atom. The van der Waals surface area contributed by atoms with Crippen molar-refractivity contribution in [1.29, 1.82) is 5.26 Å². The molecular weight excluding hydrogens is 520 g/mol. The van der Waals surface area contributed by atoms with Crippen LogP contribution in [0.5, 0.6) is 0 Å². The quantitative estimate of drug-likeness (QED) is 0.363. The predicted molar refractivity (Wildman–Crippen MR) is 145 cm³/mol. The SMILES string of the molecule is CC(C)COC(=O)C1CCN(S(=O)(=O)c2ccc(Nc3nn(C(CC#N)C4CC4)c4cc[nH]c(=O)c34)cc2)C1. The summed E-state index contributed by atoms with van der Waals surface area (Å²) >= 11 is 0. The minimum atomic E-state index is -3.79. The van der Waals surface area contributed by atoms with E-state index in [0.717, 1.165) is 12.8 Å². The topological polar surface area (TPSA) is 150 Å². The maximum atomic E-state index is 13.2. The summed E-state index contributed by atoms with van der Waals surface area (Å²) in [7, 11) is -3.79. The van der Waals surface area contributed by atoms with Gasteiger partial charge in [-0.15, -0.1) is 0 Å². The second-order valence-electron chi connectivity index (χ2n) is 10.6. The summed E-state index contributed by atoms with van der Waals surface area (Å²) in [5.74, 6) is 0.0762. The second-order valence-corrected chi connectivity index (χ2v) is 12.6. The van der Waals surface area contributed by atoms with Crippen molar-refractivity contribution < 1.29 is 17.9 Å². The number of nitrogens with one attached hydrogen (secondary N) is 2. The van der Waals surface area contributed by atoms with Gasteiger partial charge in [-0.1, -0.05) is 13.8 Å². The smallest absolute Gasteiger partial charge is 0.310 e. The lowest BCUT2D eigenvalue weighted by molar-refractivity contribution is -0.149. The number of aromatic nitrogens is 3. The molecule has 2 aromatic heterocycles. The number of nitrogens with zero attached hydrogens (tertiary/aromatic N) is 4. The summed E-state index contributed by atoms with van der Waals surface area (Å²) in [5.41, 5.74) is 0.897. The van der Waals surface area contributed by atoms with Crippen LogP contribution in [-0.2, 0) is 19.6 Å². The van der Waals surface area contributed by atoms with Gasteiger partial charge in [0.2, 0.25) is 10.0 Å². The number of esters is 1. The van der Waals surface area contributed by atoms with Gasteiger partial charge in [-0.05, 0) is 61.4 Å². The van der Waals surface area contributed by atoms with Crippen molar-refractivity contribution in [2.75, 3.05) is 25.0 Å². The first-order valence-corrected chi connectivity index (χ1v) is 14.6. The summed E-state index contributed by atoms with van der Waals surface area (Å²) in [6.45, 7) is 4.55. The van der Waals surface area contributed by atoms with Gasteiger partial charge in [0.15, 0.2) is 5.82 Å². The highest BCUT2D eigenvalue weighted by molar-refractivity contribution is 7.89. The lowest BCUT2D eigenvalue weighted by Gasteiger charge is -2.17. The third-order valence-corrected chi connectivity index (χ3v) is 9.09. The third-order valence-electron chi connectivity index (χ3n) is 7.21. The van der Waals surface area contributed by atoms with Gasteiger partial charge in [-0.25, -0.2) is 8.42 Å². The molecule has 1 saturated heterocycles. The van der Waals surface area contributed by atoms with E-state index in [1.54, 1.807) is 29.1 Å². The van der Waals surface area contributed by atoms with E-state index in [2.05, 4.69) is 21.5 Å². The normalized spacial score (nSPS) is 18.8. The number of pyridine rings is 1. The maximum absolute atomic E-state index is 13.2. The van der Waals surface area contributed by atoms with Gasteiger partial charge in [-0.3, -0.25) is 14.3 Å². The van der Waals surface area contributed by atoms with Crippen LogP contribution in [0.4, 0.5) is 11.5 Å². The predicted octanol–water partition coefficient (Wildman–Crippen LogP) is 3.54. The van der Waals surface area contributed by atoms with Crippen molar-refractivity contribution in [2.24, 2.45) is 17.8 Å². The number of aromatic amines is 1. The summed E-state index contributed by atoms with van der Waals surface area (Å²) in [6, 6.07) is 10.1. The van der Waals surface area contributed by atoms with E-state index in [1.807, 2.05) is 13.8 Å². The molecule has 11 nitrogen and oxygen atoms in total. The molecule has 1 aliphatic heterocycles. The maximum Gasteiger partial charge on any atom is 0.310 e. The van der Waals surface area contributed by atoms with Crippen LogP contribution in [0.1, 0.15) is 45.6 Å². The van der Waals surface area contributed by atoms with Crippen molar-refractivity contribution in [3.63, 3.8) is 0 Å². The van der Waals surface area contributed by atoms with Crippen LogP contribution in [0.15, 0.2) is 46.2 Å². The lowest BCUT2D eigenvalue weighted by atomic mass is 10.1. The number of hydrogen-bond donors (Lipinski definition) is 2. The van der Waals surface area contributed by atoms with Gasteiger partial charge in [0.05, 0.1) is 41.5 Å². The van der Waals surface area contributed by atoms with E-state index in [0.29, 0.717) is 47.8 Å². The number of fused-ring (bicyclic) bond motifs is 1. The molecule has 1 aromatic carbocycles. The monoisotopic (exact) mass is 552 g/mol. The molecule has 3 aromatic rings. The van der Waals surface area contributed by atoms with Gasteiger partial charge < -0.3 is 15.0 Å². The number of benzene rings is 1. The number of sulfonamides is 1. The van der Waals surface area contributed by atoms with E-state index >= 15 is 0 Å². The Balaban J connectivity index is 1.34. The summed E-state index contributed by atoms with van der Waals surface area (Å²) in [5, 5.41) is 17.6. The van der Waals surface area contributed by atoms with E-state index in [1.165, 1.54) is 16.4 Å². The van der Waals surface area contributed by atoms with Crippen molar-refractivity contribution in [3.05, 3.63) is 46.9 Å². The van der Waals surface area contributed by atoms with Gasteiger partial charge in [0.25, 0.3) is 5.56 Å². The number of ether oxygens (including phenoxy) is 1. The number of rotatable bonds is 10. The zero-order valence-electron chi connectivity index (χ0n) is 22.0. The minimum absolute atomic E-state index is 0.0936. The van der Waals surface area contributed by atoms with E-state index in [9.17, 15) is 23.3 Å². The molecule has 12 heteroatoms. The van der Waals surface area contributed by atoms with Crippen molar-refractivity contribution in [1.82, 2.24) is 19.1 Å². The fraction of sp³-hybridized carbons (Fsp3) is 0.481. The number of anilines is 2. The van der Waals surface area contributed by atoms with Crippen LogP contribution in [0, 0.1) is 29.1 Å². The highest BCUT2D eigenvalue weighted by Crippen LogP contribution is 2.43. The zero-order valence-corrected chi connectivity index (χ0v) is 22.8. The molecule has 2 fully saturated rings. The minimum Gasteiger partial charge on any atom is -0.465 e. The van der Waals surface area contributed by atoms with Crippen molar-refractivity contribution >= 4 is 38.4 Å². The fourth-order valence-electron chi connectivity index (χ4n) is 4.97. The Labute approximate surface area is 226 Å². The summed E-state index contributed by atoms with van der Waals surface area (Å²) in [4.78, 5) is 27.8. The Hall–Kier alpha value is -3.69. The van der Waals surface area contributed by atoms with E-state index in [-0.39, 0.29) is 41.5 Å². The Morgan fingerprint density at radius 3 is 2.64 bits per heavy atom. The Morgan fingerprint density at radius 2 is 1.97 bits per heavy atom. The van der Waals surface area contributed by atoms with Crippen LogP contribution in [0.2, 0.25) is 0 Å². The van der Waals surface area contributed by atoms with Crippen LogP contribution in [0.3, 0.4) is 0 Å². The highest BCUT2D eigenvalue weighted by atomic mass is 32.2.